The van der Waals surface area contributed by atoms with E-state index >= 15 is 0 Å². The number of hydrogen-bond donors (Lipinski definition) is 2. The van der Waals surface area contributed by atoms with E-state index < -0.39 is 10.0 Å². The van der Waals surface area contributed by atoms with Crippen LogP contribution in [0, 0.1) is 0 Å². The van der Waals surface area contributed by atoms with Crippen LogP contribution in [-0.2, 0) is 10.0 Å². The summed E-state index contributed by atoms with van der Waals surface area (Å²) in [5.74, 6) is 0.709. The Balaban J connectivity index is 1.87. The molecule has 1 unspecified atom stereocenters. The Morgan fingerprint density at radius 2 is 2.00 bits per heavy atom. The fourth-order valence-corrected chi connectivity index (χ4v) is 5.67. The van der Waals surface area contributed by atoms with Gasteiger partial charge in [0.25, 0.3) is 0 Å². The molecule has 154 valence electrons. The number of rotatable bonds is 10. The predicted octanol–water partition coefficient (Wildman–Crippen LogP) is 1.72. The first kappa shape index (κ1) is 22.1. The smallest absolute Gasteiger partial charge is 0.215 e. The van der Waals surface area contributed by atoms with Crippen molar-refractivity contribution in [2.24, 2.45) is 4.99 Å². The van der Waals surface area contributed by atoms with Gasteiger partial charge in [0.1, 0.15) is 0 Å². The van der Waals surface area contributed by atoms with Crippen molar-refractivity contribution >= 4 is 27.3 Å². The van der Waals surface area contributed by atoms with Crippen LogP contribution in [-0.4, -0.2) is 75.7 Å². The molecule has 27 heavy (non-hydrogen) atoms. The van der Waals surface area contributed by atoms with Crippen molar-refractivity contribution in [2.45, 2.75) is 32.7 Å². The summed E-state index contributed by atoms with van der Waals surface area (Å²) in [6.45, 7) is 8.07. The van der Waals surface area contributed by atoms with Gasteiger partial charge in [0, 0.05) is 38.1 Å². The normalized spacial score (nSPS) is 17.4. The van der Waals surface area contributed by atoms with Crippen LogP contribution < -0.4 is 10.6 Å². The lowest BCUT2D eigenvalue weighted by Gasteiger charge is -2.27. The van der Waals surface area contributed by atoms with E-state index in [-0.39, 0.29) is 5.75 Å². The van der Waals surface area contributed by atoms with Crippen molar-refractivity contribution in [1.82, 2.24) is 19.8 Å². The largest absolute Gasteiger partial charge is 0.355 e. The number of guanidine groups is 1. The third-order valence-electron chi connectivity index (χ3n) is 4.89. The van der Waals surface area contributed by atoms with Crippen LogP contribution >= 0.6 is 11.3 Å². The first-order valence-electron chi connectivity index (χ1n) is 9.71. The second kappa shape index (κ2) is 11.0. The Bertz CT molecular complexity index is 666. The summed E-state index contributed by atoms with van der Waals surface area (Å²) >= 11 is 1.78. The van der Waals surface area contributed by atoms with Gasteiger partial charge in [0.15, 0.2) is 5.96 Å². The minimum Gasteiger partial charge on any atom is -0.355 e. The first-order valence-corrected chi connectivity index (χ1v) is 12.2. The quantitative estimate of drug-likeness (QED) is 0.449. The maximum atomic E-state index is 12.3. The van der Waals surface area contributed by atoms with E-state index in [2.05, 4.69) is 38.0 Å². The van der Waals surface area contributed by atoms with Crippen LogP contribution in [0.15, 0.2) is 22.5 Å². The molecule has 1 aromatic rings. The molecule has 2 heterocycles. The molecular formula is C18H33N5O2S2. The molecular weight excluding hydrogens is 382 g/mol. The zero-order valence-corrected chi connectivity index (χ0v) is 18.3. The molecule has 0 aromatic carbocycles. The van der Waals surface area contributed by atoms with Gasteiger partial charge in [-0.1, -0.05) is 19.9 Å². The SMILES string of the molecule is CCN(CC)S(=O)(=O)CCNC(=NC)NCC(c1cccs1)N1CCCC1. The van der Waals surface area contributed by atoms with E-state index in [1.165, 1.54) is 22.0 Å². The minimum absolute atomic E-state index is 0.0653. The molecule has 1 atom stereocenters. The monoisotopic (exact) mass is 415 g/mol. The van der Waals surface area contributed by atoms with Crippen LogP contribution in [0.4, 0.5) is 0 Å². The van der Waals surface area contributed by atoms with Gasteiger partial charge in [-0.05, 0) is 37.4 Å². The number of nitrogens with zero attached hydrogens (tertiary/aromatic N) is 3. The fraction of sp³-hybridized carbons (Fsp3) is 0.722. The summed E-state index contributed by atoms with van der Waals surface area (Å²) < 4.78 is 26.0. The molecule has 1 saturated heterocycles. The highest BCUT2D eigenvalue weighted by atomic mass is 32.2. The molecule has 0 aliphatic carbocycles. The standard InChI is InChI=1S/C18H33N5O2S2/c1-4-23(5-2)27(24,25)14-10-20-18(19-3)21-15-16(17-9-8-13-26-17)22-11-6-7-12-22/h8-9,13,16H,4-7,10-12,14-15H2,1-3H3,(H2,19,20,21). The molecule has 0 saturated carbocycles. The lowest BCUT2D eigenvalue weighted by atomic mass is 10.2. The van der Waals surface area contributed by atoms with E-state index in [4.69, 9.17) is 0 Å². The van der Waals surface area contributed by atoms with Gasteiger partial charge in [0.2, 0.25) is 10.0 Å². The summed E-state index contributed by atoms with van der Waals surface area (Å²) in [6, 6.07) is 4.60. The topological polar surface area (TPSA) is 77.0 Å². The lowest BCUT2D eigenvalue weighted by Crippen LogP contribution is -2.44. The molecule has 0 spiro atoms. The Kier molecular flexibility index (Phi) is 9.01. The number of likely N-dealkylation sites (tertiary alicyclic amines) is 1. The molecule has 2 rings (SSSR count). The van der Waals surface area contributed by atoms with Crippen LogP contribution in [0.2, 0.25) is 0 Å². The first-order chi connectivity index (χ1) is 13.0. The average Bonchev–Trinajstić information content (AvgIpc) is 3.35. The number of nitrogens with one attached hydrogen (secondary N) is 2. The van der Waals surface area contributed by atoms with Crippen molar-refractivity contribution < 1.29 is 8.42 Å². The van der Waals surface area contributed by atoms with E-state index in [1.54, 1.807) is 18.4 Å². The van der Waals surface area contributed by atoms with Crippen LogP contribution in [0.5, 0.6) is 0 Å². The third kappa shape index (κ3) is 6.44. The molecule has 1 aliphatic heterocycles. The van der Waals surface area contributed by atoms with Crippen molar-refractivity contribution in [3.63, 3.8) is 0 Å². The van der Waals surface area contributed by atoms with E-state index in [0.717, 1.165) is 19.6 Å². The van der Waals surface area contributed by atoms with Gasteiger partial charge in [-0.3, -0.25) is 9.89 Å². The number of thiophene rings is 1. The molecule has 9 heteroatoms. The fourth-order valence-electron chi connectivity index (χ4n) is 3.40. The number of sulfonamides is 1. The molecule has 1 aliphatic rings. The summed E-state index contributed by atoms with van der Waals surface area (Å²) in [6.07, 6.45) is 2.50. The van der Waals surface area contributed by atoms with Gasteiger partial charge >= 0.3 is 0 Å². The Labute approximate surface area is 167 Å². The van der Waals surface area contributed by atoms with E-state index in [1.807, 2.05) is 13.8 Å². The van der Waals surface area contributed by atoms with Crippen LogP contribution in [0.1, 0.15) is 37.6 Å². The lowest BCUT2D eigenvalue weighted by molar-refractivity contribution is 0.249. The van der Waals surface area contributed by atoms with Gasteiger partial charge in [-0.25, -0.2) is 12.7 Å². The maximum Gasteiger partial charge on any atom is 0.215 e. The van der Waals surface area contributed by atoms with Crippen molar-refractivity contribution in [3.8, 4) is 0 Å². The summed E-state index contributed by atoms with van der Waals surface area (Å²) in [5.41, 5.74) is 0. The second-order valence-corrected chi connectivity index (χ2v) is 9.62. The Morgan fingerprint density at radius 1 is 1.30 bits per heavy atom. The maximum absolute atomic E-state index is 12.3. The summed E-state index contributed by atoms with van der Waals surface area (Å²) in [4.78, 5) is 8.11. The van der Waals surface area contributed by atoms with Gasteiger partial charge in [-0.2, -0.15) is 0 Å². The predicted molar refractivity (Wildman–Crippen MR) is 114 cm³/mol. The zero-order valence-electron chi connectivity index (χ0n) is 16.6. The van der Waals surface area contributed by atoms with Gasteiger partial charge in [-0.15, -0.1) is 11.3 Å². The number of aliphatic imine (C=N–C) groups is 1. The molecule has 1 fully saturated rings. The van der Waals surface area contributed by atoms with Crippen molar-refractivity contribution in [1.29, 1.82) is 0 Å². The second-order valence-electron chi connectivity index (χ2n) is 6.55. The van der Waals surface area contributed by atoms with Crippen molar-refractivity contribution in [3.05, 3.63) is 22.4 Å². The van der Waals surface area contributed by atoms with Gasteiger partial charge < -0.3 is 10.6 Å². The highest BCUT2D eigenvalue weighted by molar-refractivity contribution is 7.89. The third-order valence-corrected chi connectivity index (χ3v) is 7.89. The molecule has 1 aromatic heterocycles. The molecule has 0 amide bonds. The molecule has 7 nitrogen and oxygen atoms in total. The minimum atomic E-state index is -3.22. The van der Waals surface area contributed by atoms with Crippen LogP contribution in [0.25, 0.3) is 0 Å². The summed E-state index contributed by atoms with van der Waals surface area (Å²) in [7, 11) is -1.51. The highest BCUT2D eigenvalue weighted by Crippen LogP contribution is 2.27. The highest BCUT2D eigenvalue weighted by Gasteiger charge is 2.24. The summed E-state index contributed by atoms with van der Waals surface area (Å²) in [5, 5.41) is 8.63. The Hall–Kier alpha value is -1.16. The van der Waals surface area contributed by atoms with E-state index in [0.29, 0.717) is 31.6 Å². The van der Waals surface area contributed by atoms with E-state index in [9.17, 15) is 8.42 Å². The van der Waals surface area contributed by atoms with Gasteiger partial charge in [0.05, 0.1) is 11.8 Å². The number of hydrogen-bond acceptors (Lipinski definition) is 5. The molecule has 2 N–H and O–H groups in total. The molecule has 0 bridgehead atoms. The Morgan fingerprint density at radius 3 is 2.56 bits per heavy atom. The zero-order chi connectivity index (χ0) is 19.7. The molecule has 0 radical (unpaired) electrons. The van der Waals surface area contributed by atoms with Crippen LogP contribution in [0.3, 0.4) is 0 Å². The average molecular weight is 416 g/mol. The van der Waals surface area contributed by atoms with Crippen molar-refractivity contribution in [2.75, 3.05) is 52.1 Å².